The number of benzene rings is 1. The highest BCUT2D eigenvalue weighted by atomic mass is 32.2. The molecule has 0 saturated heterocycles. The molecule has 0 radical (unpaired) electrons. The van der Waals surface area contributed by atoms with Gasteiger partial charge in [-0.2, -0.15) is 0 Å². The maximum absolute atomic E-state index is 13.6. The fourth-order valence-corrected chi connectivity index (χ4v) is 3.20. The van der Waals surface area contributed by atoms with Gasteiger partial charge < -0.3 is 4.74 Å². The molecule has 0 bridgehead atoms. The number of nitrogens with one attached hydrogen (secondary N) is 1. The second-order valence-electron chi connectivity index (χ2n) is 5.06. The summed E-state index contributed by atoms with van der Waals surface area (Å²) in [6.07, 6.45) is 4.08. The zero-order valence-electron chi connectivity index (χ0n) is 12.9. The van der Waals surface area contributed by atoms with Crippen LogP contribution >= 0.6 is 0 Å². The summed E-state index contributed by atoms with van der Waals surface area (Å²) < 4.78 is 45.3. The summed E-state index contributed by atoms with van der Waals surface area (Å²) in [5, 5.41) is 0. The molecule has 0 unspecified atom stereocenters. The Bertz CT molecular complexity index is 546. The Hall–Kier alpha value is -1.14. The second kappa shape index (κ2) is 8.34. The van der Waals surface area contributed by atoms with Gasteiger partial charge in [-0.3, -0.25) is 0 Å². The molecule has 0 heterocycles. The Morgan fingerprint density at radius 2 is 2.05 bits per heavy atom. The van der Waals surface area contributed by atoms with Gasteiger partial charge in [0.05, 0.1) is 12.0 Å². The van der Waals surface area contributed by atoms with Crippen LogP contribution in [0.5, 0.6) is 5.75 Å². The highest BCUT2D eigenvalue weighted by Gasteiger charge is 2.18. The molecule has 0 aliphatic heterocycles. The molecule has 1 atom stereocenters. The van der Waals surface area contributed by atoms with Crippen molar-refractivity contribution in [3.8, 4) is 5.75 Å². The van der Waals surface area contributed by atoms with Crippen molar-refractivity contribution in [3.63, 3.8) is 0 Å². The first-order chi connectivity index (χ1) is 9.94. The van der Waals surface area contributed by atoms with Gasteiger partial charge in [0.1, 0.15) is 0 Å². The van der Waals surface area contributed by atoms with Gasteiger partial charge in [0, 0.05) is 6.54 Å². The SMILES string of the molecule is CCCC[C@@H](CC)CNS(=O)(=O)c1ccc(OC)c(F)c1. The molecular formula is C15H24FNO3S. The molecular weight excluding hydrogens is 293 g/mol. The van der Waals surface area contributed by atoms with Crippen molar-refractivity contribution in [1.29, 1.82) is 0 Å². The van der Waals surface area contributed by atoms with Gasteiger partial charge in [-0.1, -0.05) is 33.1 Å². The molecule has 1 aromatic rings. The number of sulfonamides is 1. The summed E-state index contributed by atoms with van der Waals surface area (Å²) in [7, 11) is -2.35. The van der Waals surface area contributed by atoms with Gasteiger partial charge in [-0.05, 0) is 30.5 Å². The lowest BCUT2D eigenvalue weighted by atomic mass is 10.00. The number of hydrogen-bond donors (Lipinski definition) is 1. The van der Waals surface area contributed by atoms with Gasteiger partial charge in [0.2, 0.25) is 10.0 Å². The minimum atomic E-state index is -3.68. The van der Waals surface area contributed by atoms with Gasteiger partial charge in [-0.25, -0.2) is 17.5 Å². The molecule has 4 nitrogen and oxygen atoms in total. The average Bonchev–Trinajstić information content (AvgIpc) is 2.47. The summed E-state index contributed by atoms with van der Waals surface area (Å²) in [4.78, 5) is -0.0776. The van der Waals surface area contributed by atoms with E-state index in [0.29, 0.717) is 12.5 Å². The normalized spacial score (nSPS) is 13.1. The topological polar surface area (TPSA) is 55.4 Å². The maximum atomic E-state index is 13.6. The second-order valence-corrected chi connectivity index (χ2v) is 6.83. The van der Waals surface area contributed by atoms with E-state index in [2.05, 4.69) is 11.6 Å². The maximum Gasteiger partial charge on any atom is 0.240 e. The van der Waals surface area contributed by atoms with Crippen molar-refractivity contribution in [2.45, 2.75) is 44.4 Å². The summed E-state index contributed by atoms with van der Waals surface area (Å²) in [5.41, 5.74) is 0. The van der Waals surface area contributed by atoms with Crippen molar-refractivity contribution in [2.75, 3.05) is 13.7 Å². The van der Waals surface area contributed by atoms with E-state index < -0.39 is 15.8 Å². The zero-order chi connectivity index (χ0) is 15.9. The van der Waals surface area contributed by atoms with Crippen LogP contribution in [0.4, 0.5) is 4.39 Å². The molecule has 0 aromatic heterocycles. The summed E-state index contributed by atoms with van der Waals surface area (Å²) >= 11 is 0. The Labute approximate surface area is 126 Å². The lowest BCUT2D eigenvalue weighted by Gasteiger charge is -2.15. The first kappa shape index (κ1) is 17.9. The Morgan fingerprint density at radius 1 is 1.33 bits per heavy atom. The zero-order valence-corrected chi connectivity index (χ0v) is 13.7. The van der Waals surface area contributed by atoms with E-state index in [1.807, 2.05) is 6.92 Å². The minimum Gasteiger partial charge on any atom is -0.494 e. The smallest absolute Gasteiger partial charge is 0.240 e. The van der Waals surface area contributed by atoms with Crippen molar-refractivity contribution in [2.24, 2.45) is 5.92 Å². The third-order valence-corrected chi connectivity index (χ3v) is 4.96. The van der Waals surface area contributed by atoms with Gasteiger partial charge in [-0.15, -0.1) is 0 Å². The molecule has 0 amide bonds. The molecule has 1 rings (SSSR count). The van der Waals surface area contributed by atoms with Crippen LogP contribution in [0.1, 0.15) is 39.5 Å². The number of ether oxygens (including phenoxy) is 1. The average molecular weight is 317 g/mol. The Balaban J connectivity index is 2.74. The Morgan fingerprint density at radius 3 is 2.57 bits per heavy atom. The molecule has 0 saturated carbocycles. The fraction of sp³-hybridized carbons (Fsp3) is 0.600. The highest BCUT2D eigenvalue weighted by Crippen LogP contribution is 2.21. The molecule has 120 valence electrons. The van der Waals surface area contributed by atoms with E-state index in [-0.39, 0.29) is 10.6 Å². The number of methoxy groups -OCH3 is 1. The summed E-state index contributed by atoms with van der Waals surface area (Å²) in [6.45, 7) is 4.53. The molecule has 21 heavy (non-hydrogen) atoms. The van der Waals surface area contributed by atoms with E-state index in [1.54, 1.807) is 0 Å². The number of unbranched alkanes of at least 4 members (excludes halogenated alkanes) is 1. The molecule has 0 spiro atoms. The standard InChI is InChI=1S/C15H24FNO3S/c1-4-6-7-12(5-2)11-17-21(18,19)13-8-9-15(20-3)14(16)10-13/h8-10,12,17H,4-7,11H2,1-3H3/t12-/m1/s1. The van der Waals surface area contributed by atoms with E-state index in [9.17, 15) is 12.8 Å². The lowest BCUT2D eigenvalue weighted by molar-refractivity contribution is 0.385. The van der Waals surface area contributed by atoms with Crippen LogP contribution in [0.2, 0.25) is 0 Å². The largest absolute Gasteiger partial charge is 0.494 e. The van der Waals surface area contributed by atoms with Crippen molar-refractivity contribution in [1.82, 2.24) is 4.72 Å². The van der Waals surface area contributed by atoms with E-state index >= 15 is 0 Å². The molecule has 0 aliphatic rings. The predicted molar refractivity (Wildman–Crippen MR) is 81.4 cm³/mol. The molecule has 1 N–H and O–H groups in total. The van der Waals surface area contributed by atoms with Gasteiger partial charge >= 0.3 is 0 Å². The van der Waals surface area contributed by atoms with Crippen LogP contribution < -0.4 is 9.46 Å². The van der Waals surface area contributed by atoms with Crippen molar-refractivity contribution >= 4 is 10.0 Å². The van der Waals surface area contributed by atoms with E-state index in [4.69, 9.17) is 4.74 Å². The predicted octanol–water partition coefficient (Wildman–Crippen LogP) is 3.33. The van der Waals surface area contributed by atoms with Gasteiger partial charge in [0.15, 0.2) is 11.6 Å². The van der Waals surface area contributed by atoms with Gasteiger partial charge in [0.25, 0.3) is 0 Å². The molecule has 0 fully saturated rings. The Kier molecular flexibility index (Phi) is 7.11. The third-order valence-electron chi connectivity index (χ3n) is 3.54. The molecule has 1 aromatic carbocycles. The van der Waals surface area contributed by atoms with Crippen molar-refractivity contribution < 1.29 is 17.5 Å². The fourth-order valence-electron chi connectivity index (χ4n) is 2.07. The summed E-state index contributed by atoms with van der Waals surface area (Å²) in [5.74, 6) is -0.343. The van der Waals surface area contributed by atoms with Crippen LogP contribution in [0.25, 0.3) is 0 Å². The van der Waals surface area contributed by atoms with E-state index in [0.717, 1.165) is 31.7 Å². The molecule has 6 heteroatoms. The third kappa shape index (κ3) is 5.28. The van der Waals surface area contributed by atoms with Crippen LogP contribution in [0.15, 0.2) is 23.1 Å². The van der Waals surface area contributed by atoms with E-state index in [1.165, 1.54) is 19.2 Å². The number of rotatable bonds is 9. The lowest BCUT2D eigenvalue weighted by Crippen LogP contribution is -2.29. The number of hydrogen-bond acceptors (Lipinski definition) is 3. The van der Waals surface area contributed by atoms with Crippen LogP contribution in [0.3, 0.4) is 0 Å². The first-order valence-electron chi connectivity index (χ1n) is 7.27. The van der Waals surface area contributed by atoms with Crippen molar-refractivity contribution in [3.05, 3.63) is 24.0 Å². The highest BCUT2D eigenvalue weighted by molar-refractivity contribution is 7.89. The molecule has 0 aliphatic carbocycles. The van der Waals surface area contributed by atoms with Crippen LogP contribution in [-0.4, -0.2) is 22.1 Å². The quantitative estimate of drug-likeness (QED) is 0.760. The monoisotopic (exact) mass is 317 g/mol. The minimum absolute atomic E-state index is 0.0309. The number of halogens is 1. The van der Waals surface area contributed by atoms with Crippen LogP contribution in [0, 0.1) is 11.7 Å². The summed E-state index contributed by atoms with van der Waals surface area (Å²) in [6, 6.07) is 3.64. The first-order valence-corrected chi connectivity index (χ1v) is 8.76. The van der Waals surface area contributed by atoms with Crippen LogP contribution in [-0.2, 0) is 10.0 Å².